The highest BCUT2D eigenvalue weighted by molar-refractivity contribution is 5.66. The molecule has 2 saturated heterocycles. The van der Waals surface area contributed by atoms with Gasteiger partial charge in [-0.3, -0.25) is 0 Å². The lowest BCUT2D eigenvalue weighted by atomic mass is 9.86. The van der Waals surface area contributed by atoms with Gasteiger partial charge in [-0.25, -0.2) is 4.79 Å². The Morgan fingerprint density at radius 2 is 1.93 bits per heavy atom. The first kappa shape index (κ1) is 9.73. The molecule has 5 heteroatoms. The van der Waals surface area contributed by atoms with Crippen LogP contribution in [0, 0.1) is 0 Å². The van der Waals surface area contributed by atoms with Crippen LogP contribution in [-0.2, 0) is 0 Å². The number of amides is 1. The minimum absolute atomic E-state index is 0.0280. The van der Waals surface area contributed by atoms with Crippen LogP contribution in [0.25, 0.3) is 0 Å². The van der Waals surface area contributed by atoms with E-state index in [-0.39, 0.29) is 18.6 Å². The van der Waals surface area contributed by atoms with Gasteiger partial charge in [-0.1, -0.05) is 0 Å². The summed E-state index contributed by atoms with van der Waals surface area (Å²) in [4.78, 5) is 12.4. The number of fused-ring (bicyclic) bond motifs is 2. The summed E-state index contributed by atoms with van der Waals surface area (Å²) in [5, 5.41) is 19.0. The van der Waals surface area contributed by atoms with Crippen molar-refractivity contribution in [2.75, 3.05) is 6.54 Å². The Labute approximate surface area is 82.5 Å². The van der Waals surface area contributed by atoms with Crippen molar-refractivity contribution in [1.82, 2.24) is 4.90 Å². The van der Waals surface area contributed by atoms with Crippen molar-refractivity contribution in [1.29, 1.82) is 0 Å². The molecule has 2 heterocycles. The minimum atomic E-state index is -0.864. The number of hydrogen-bond acceptors (Lipinski definition) is 3. The monoisotopic (exact) mass is 200 g/mol. The zero-order valence-corrected chi connectivity index (χ0v) is 8.02. The number of piperidine rings is 1. The largest absolute Gasteiger partial charge is 0.465 e. The smallest absolute Gasteiger partial charge is 0.407 e. The maximum atomic E-state index is 10.9. The summed E-state index contributed by atoms with van der Waals surface area (Å²) in [5.74, 6) is 0. The first-order chi connectivity index (χ1) is 6.56. The molecule has 0 unspecified atom stereocenters. The second-order valence-corrected chi connectivity index (χ2v) is 4.41. The van der Waals surface area contributed by atoms with Gasteiger partial charge in [0, 0.05) is 18.6 Å². The Morgan fingerprint density at radius 1 is 1.43 bits per heavy atom. The highest BCUT2D eigenvalue weighted by Crippen LogP contribution is 2.40. The molecule has 5 nitrogen and oxygen atoms in total. The fourth-order valence-electron chi connectivity index (χ4n) is 2.80. The standard InChI is InChI=1S/C9H16N2O3/c10-5-9(14)3-6-1-2-7(4-9)11(6)8(12)13/h6-7,14H,1-5,10H2,(H,12,13)/t6-,7+,9-. The first-order valence-corrected chi connectivity index (χ1v) is 4.99. The quantitative estimate of drug-likeness (QED) is 0.555. The normalized spacial score (nSPS) is 41.4. The van der Waals surface area contributed by atoms with E-state index in [0.29, 0.717) is 12.8 Å². The molecule has 2 aliphatic heterocycles. The predicted octanol–water partition coefficient (Wildman–Crippen LogP) is -0.0190. The summed E-state index contributed by atoms with van der Waals surface area (Å²) in [6, 6.07) is -0.0559. The lowest BCUT2D eigenvalue weighted by Crippen LogP contribution is -2.55. The Hall–Kier alpha value is -0.810. The van der Waals surface area contributed by atoms with Crippen LogP contribution in [0.3, 0.4) is 0 Å². The van der Waals surface area contributed by atoms with E-state index < -0.39 is 11.7 Å². The molecule has 2 fully saturated rings. The van der Waals surface area contributed by atoms with E-state index in [2.05, 4.69) is 0 Å². The number of nitrogens with zero attached hydrogens (tertiary/aromatic N) is 1. The van der Waals surface area contributed by atoms with Crippen LogP contribution in [0.15, 0.2) is 0 Å². The Balaban J connectivity index is 2.16. The SMILES string of the molecule is NC[C@@]1(O)C[C@H]2CC[C@@H](C1)N2C(=O)O. The van der Waals surface area contributed by atoms with Crippen LogP contribution < -0.4 is 5.73 Å². The van der Waals surface area contributed by atoms with Crippen LogP contribution in [0.2, 0.25) is 0 Å². The van der Waals surface area contributed by atoms with Gasteiger partial charge in [-0.15, -0.1) is 0 Å². The molecular weight excluding hydrogens is 184 g/mol. The maximum absolute atomic E-state index is 10.9. The van der Waals surface area contributed by atoms with Gasteiger partial charge >= 0.3 is 6.09 Å². The first-order valence-electron chi connectivity index (χ1n) is 4.99. The summed E-state index contributed by atoms with van der Waals surface area (Å²) in [6.07, 6.45) is 1.84. The predicted molar refractivity (Wildman–Crippen MR) is 49.9 cm³/mol. The molecule has 0 aromatic carbocycles. The molecule has 0 radical (unpaired) electrons. The van der Waals surface area contributed by atoms with E-state index in [1.54, 1.807) is 0 Å². The molecule has 4 N–H and O–H groups in total. The third-order valence-corrected chi connectivity index (χ3v) is 3.45. The Bertz CT molecular complexity index is 242. The molecule has 0 aromatic rings. The average Bonchev–Trinajstić information content (AvgIpc) is 2.40. The maximum Gasteiger partial charge on any atom is 0.407 e. The molecule has 2 rings (SSSR count). The van der Waals surface area contributed by atoms with Crippen molar-refractivity contribution in [3.63, 3.8) is 0 Å². The third kappa shape index (κ3) is 1.36. The van der Waals surface area contributed by atoms with Crippen molar-refractivity contribution >= 4 is 6.09 Å². The van der Waals surface area contributed by atoms with Crippen LogP contribution in [0.1, 0.15) is 25.7 Å². The van der Waals surface area contributed by atoms with Gasteiger partial charge in [0.2, 0.25) is 0 Å². The molecule has 2 aliphatic rings. The van der Waals surface area contributed by atoms with Crippen LogP contribution in [0.5, 0.6) is 0 Å². The van der Waals surface area contributed by atoms with E-state index >= 15 is 0 Å². The van der Waals surface area contributed by atoms with Gasteiger partial charge in [0.25, 0.3) is 0 Å². The summed E-state index contributed by atoms with van der Waals surface area (Å²) in [7, 11) is 0. The van der Waals surface area contributed by atoms with Gasteiger partial charge in [0.15, 0.2) is 0 Å². The molecule has 0 saturated carbocycles. The minimum Gasteiger partial charge on any atom is -0.465 e. The molecule has 1 amide bonds. The number of carbonyl (C=O) groups is 1. The van der Waals surface area contributed by atoms with E-state index in [1.165, 1.54) is 4.90 Å². The van der Waals surface area contributed by atoms with Crippen molar-refractivity contribution < 1.29 is 15.0 Å². The number of rotatable bonds is 1. The molecule has 0 spiro atoms. The molecule has 2 bridgehead atoms. The van der Waals surface area contributed by atoms with Gasteiger partial charge < -0.3 is 20.8 Å². The number of nitrogens with two attached hydrogens (primary N) is 1. The topological polar surface area (TPSA) is 86.8 Å². The van der Waals surface area contributed by atoms with Crippen molar-refractivity contribution in [3.05, 3.63) is 0 Å². The van der Waals surface area contributed by atoms with Crippen molar-refractivity contribution in [2.24, 2.45) is 5.73 Å². The summed E-state index contributed by atoms with van der Waals surface area (Å²) in [6.45, 7) is 0.230. The van der Waals surface area contributed by atoms with E-state index in [9.17, 15) is 9.90 Å². The third-order valence-electron chi connectivity index (χ3n) is 3.45. The van der Waals surface area contributed by atoms with Gasteiger partial charge in [-0.05, 0) is 25.7 Å². The fraction of sp³-hybridized carbons (Fsp3) is 0.889. The van der Waals surface area contributed by atoms with Gasteiger partial charge in [0.1, 0.15) is 0 Å². The lowest BCUT2D eigenvalue weighted by molar-refractivity contribution is -0.0376. The van der Waals surface area contributed by atoms with Crippen LogP contribution in [-0.4, -0.2) is 45.4 Å². The molecule has 0 aliphatic carbocycles. The van der Waals surface area contributed by atoms with Gasteiger partial charge in [0.05, 0.1) is 5.60 Å². The second-order valence-electron chi connectivity index (χ2n) is 4.41. The van der Waals surface area contributed by atoms with E-state index in [1.807, 2.05) is 0 Å². The van der Waals surface area contributed by atoms with Crippen molar-refractivity contribution in [3.8, 4) is 0 Å². The number of aliphatic hydroxyl groups is 1. The highest BCUT2D eigenvalue weighted by atomic mass is 16.4. The summed E-state index contributed by atoms with van der Waals surface area (Å²) in [5.41, 5.74) is 4.66. The lowest BCUT2D eigenvalue weighted by Gasteiger charge is -2.41. The molecular formula is C9H16N2O3. The molecule has 0 aromatic heterocycles. The van der Waals surface area contributed by atoms with E-state index in [4.69, 9.17) is 10.8 Å². The number of carboxylic acid groups (broad SMARTS) is 1. The van der Waals surface area contributed by atoms with Crippen LogP contribution >= 0.6 is 0 Å². The van der Waals surface area contributed by atoms with Crippen LogP contribution in [0.4, 0.5) is 4.79 Å². The highest BCUT2D eigenvalue weighted by Gasteiger charge is 2.48. The Morgan fingerprint density at radius 3 is 2.29 bits per heavy atom. The summed E-state index contributed by atoms with van der Waals surface area (Å²) < 4.78 is 0. The molecule has 3 atom stereocenters. The van der Waals surface area contributed by atoms with Gasteiger partial charge in [-0.2, -0.15) is 0 Å². The Kier molecular flexibility index (Phi) is 2.16. The summed E-state index contributed by atoms with van der Waals surface area (Å²) >= 11 is 0. The fourth-order valence-corrected chi connectivity index (χ4v) is 2.80. The molecule has 14 heavy (non-hydrogen) atoms. The van der Waals surface area contributed by atoms with Crippen molar-refractivity contribution in [2.45, 2.75) is 43.4 Å². The number of hydrogen-bond donors (Lipinski definition) is 3. The molecule has 80 valence electrons. The van der Waals surface area contributed by atoms with E-state index in [0.717, 1.165) is 12.8 Å². The zero-order valence-electron chi connectivity index (χ0n) is 8.02. The average molecular weight is 200 g/mol. The second kappa shape index (κ2) is 3.10. The zero-order chi connectivity index (χ0) is 10.3.